The van der Waals surface area contributed by atoms with E-state index in [1.165, 1.54) is 12.8 Å². The summed E-state index contributed by atoms with van der Waals surface area (Å²) >= 11 is 0. The van der Waals surface area contributed by atoms with Crippen LogP contribution in [0.15, 0.2) is 30.5 Å². The van der Waals surface area contributed by atoms with Crippen LogP contribution >= 0.6 is 0 Å². The number of hydrogen-bond acceptors (Lipinski definition) is 3. The molecule has 0 radical (unpaired) electrons. The summed E-state index contributed by atoms with van der Waals surface area (Å²) in [7, 11) is 0. The van der Waals surface area contributed by atoms with Crippen LogP contribution in [0.5, 0.6) is 0 Å². The van der Waals surface area contributed by atoms with E-state index < -0.39 is 0 Å². The van der Waals surface area contributed by atoms with E-state index in [-0.39, 0.29) is 5.97 Å². The zero-order valence-electron chi connectivity index (χ0n) is 13.3. The number of nitrogens with zero attached hydrogens (tertiary/aromatic N) is 1. The largest absolute Gasteiger partial charge is 0.460 e. The van der Waals surface area contributed by atoms with Crippen LogP contribution in [0.4, 0.5) is 0 Å². The molecule has 4 heteroatoms. The molecule has 1 aromatic heterocycles. The van der Waals surface area contributed by atoms with E-state index in [0.717, 1.165) is 23.9 Å². The highest BCUT2D eigenvalue weighted by atomic mass is 16.5. The van der Waals surface area contributed by atoms with Gasteiger partial charge in [-0.05, 0) is 39.3 Å². The van der Waals surface area contributed by atoms with Crippen molar-refractivity contribution in [1.82, 2.24) is 9.88 Å². The van der Waals surface area contributed by atoms with Crippen LogP contribution in [0.2, 0.25) is 0 Å². The minimum Gasteiger partial charge on any atom is -0.460 e. The Morgan fingerprint density at radius 3 is 3.00 bits per heavy atom. The van der Waals surface area contributed by atoms with E-state index >= 15 is 0 Å². The number of likely N-dealkylation sites (tertiary alicyclic amines) is 1. The number of H-pyrrole nitrogens is 1. The van der Waals surface area contributed by atoms with Crippen LogP contribution in [0.3, 0.4) is 0 Å². The van der Waals surface area contributed by atoms with Crippen LogP contribution in [0.1, 0.15) is 43.5 Å². The van der Waals surface area contributed by atoms with Crippen LogP contribution in [0, 0.1) is 0 Å². The number of benzene rings is 1. The molecule has 0 saturated carbocycles. The highest BCUT2D eigenvalue weighted by molar-refractivity contribution is 6.03. The van der Waals surface area contributed by atoms with Crippen molar-refractivity contribution in [2.75, 3.05) is 13.2 Å². The molecule has 1 aromatic carbocycles. The zero-order chi connectivity index (χ0) is 15.5. The van der Waals surface area contributed by atoms with Crippen molar-refractivity contribution in [3.8, 4) is 0 Å². The molecule has 1 saturated heterocycles. The van der Waals surface area contributed by atoms with Gasteiger partial charge in [0.1, 0.15) is 6.61 Å². The van der Waals surface area contributed by atoms with E-state index in [0.29, 0.717) is 24.3 Å². The summed E-state index contributed by atoms with van der Waals surface area (Å²) in [4.78, 5) is 18.0. The Morgan fingerprint density at radius 1 is 1.36 bits per heavy atom. The SMILES string of the molecule is CC(C)N1CCCCC1COC(=O)c1c[nH]c2ccccc12. The molecule has 1 aliphatic rings. The normalized spacial score (nSPS) is 19.7. The second kappa shape index (κ2) is 6.53. The second-order valence-corrected chi connectivity index (χ2v) is 6.33. The molecule has 2 heterocycles. The van der Waals surface area contributed by atoms with Crippen molar-refractivity contribution in [3.63, 3.8) is 0 Å². The number of aromatic amines is 1. The predicted octanol–water partition coefficient (Wildman–Crippen LogP) is 3.59. The molecule has 1 aliphatic heterocycles. The number of carbonyl (C=O) groups excluding carboxylic acids is 1. The van der Waals surface area contributed by atoms with Crippen molar-refractivity contribution in [3.05, 3.63) is 36.0 Å². The number of esters is 1. The first-order valence-corrected chi connectivity index (χ1v) is 8.16. The summed E-state index contributed by atoms with van der Waals surface area (Å²) in [6.45, 7) is 6.00. The van der Waals surface area contributed by atoms with Crippen LogP contribution < -0.4 is 0 Å². The molecule has 22 heavy (non-hydrogen) atoms. The molecular formula is C18H24N2O2. The lowest BCUT2D eigenvalue weighted by Crippen LogP contribution is -2.46. The number of para-hydroxylation sites is 1. The maximum Gasteiger partial charge on any atom is 0.340 e. The Hall–Kier alpha value is -1.81. The molecule has 0 aliphatic carbocycles. The number of rotatable bonds is 4. The van der Waals surface area contributed by atoms with E-state index in [1.54, 1.807) is 6.20 Å². The van der Waals surface area contributed by atoms with Gasteiger partial charge in [-0.2, -0.15) is 0 Å². The molecule has 4 nitrogen and oxygen atoms in total. The average Bonchev–Trinajstić information content (AvgIpc) is 2.97. The van der Waals surface area contributed by atoms with Crippen LogP contribution in [-0.4, -0.2) is 41.1 Å². The van der Waals surface area contributed by atoms with Gasteiger partial charge in [-0.1, -0.05) is 24.6 Å². The Labute approximate surface area is 131 Å². The third-order valence-electron chi connectivity index (χ3n) is 4.55. The van der Waals surface area contributed by atoms with Crippen LogP contribution in [-0.2, 0) is 4.74 Å². The summed E-state index contributed by atoms with van der Waals surface area (Å²) < 4.78 is 5.61. The van der Waals surface area contributed by atoms with Crippen molar-refractivity contribution in [2.45, 2.75) is 45.2 Å². The monoisotopic (exact) mass is 300 g/mol. The lowest BCUT2D eigenvalue weighted by atomic mass is 10.0. The van der Waals surface area contributed by atoms with E-state index in [1.807, 2.05) is 24.3 Å². The minimum atomic E-state index is -0.230. The fourth-order valence-corrected chi connectivity index (χ4v) is 3.37. The molecule has 1 atom stereocenters. The number of hydrogen-bond donors (Lipinski definition) is 1. The molecule has 1 fully saturated rings. The zero-order valence-corrected chi connectivity index (χ0v) is 13.3. The van der Waals surface area contributed by atoms with Gasteiger partial charge in [0, 0.05) is 29.2 Å². The van der Waals surface area contributed by atoms with Gasteiger partial charge in [0.2, 0.25) is 0 Å². The molecule has 1 N–H and O–H groups in total. The van der Waals surface area contributed by atoms with Gasteiger partial charge >= 0.3 is 5.97 Å². The molecule has 118 valence electrons. The smallest absolute Gasteiger partial charge is 0.340 e. The number of fused-ring (bicyclic) bond motifs is 1. The van der Waals surface area contributed by atoms with Crippen LogP contribution in [0.25, 0.3) is 10.9 Å². The lowest BCUT2D eigenvalue weighted by Gasteiger charge is -2.38. The van der Waals surface area contributed by atoms with E-state index in [4.69, 9.17) is 4.74 Å². The first-order valence-electron chi connectivity index (χ1n) is 8.16. The maximum atomic E-state index is 12.4. The quantitative estimate of drug-likeness (QED) is 0.878. The number of carbonyl (C=O) groups is 1. The Kier molecular flexibility index (Phi) is 4.48. The highest BCUT2D eigenvalue weighted by Crippen LogP contribution is 2.22. The molecule has 3 rings (SSSR count). The third kappa shape index (κ3) is 3.02. The third-order valence-corrected chi connectivity index (χ3v) is 4.55. The predicted molar refractivity (Wildman–Crippen MR) is 88.1 cm³/mol. The fourth-order valence-electron chi connectivity index (χ4n) is 3.37. The summed E-state index contributed by atoms with van der Waals surface area (Å²) in [6, 6.07) is 8.66. The fraction of sp³-hybridized carbons (Fsp3) is 0.500. The summed E-state index contributed by atoms with van der Waals surface area (Å²) in [5, 5.41) is 0.928. The average molecular weight is 300 g/mol. The molecular weight excluding hydrogens is 276 g/mol. The van der Waals surface area contributed by atoms with Gasteiger partial charge in [0.25, 0.3) is 0 Å². The molecule has 0 bridgehead atoms. The second-order valence-electron chi connectivity index (χ2n) is 6.33. The molecule has 0 spiro atoms. The van der Waals surface area contributed by atoms with Gasteiger partial charge in [-0.15, -0.1) is 0 Å². The van der Waals surface area contributed by atoms with Gasteiger partial charge in [-0.3, -0.25) is 4.90 Å². The van der Waals surface area contributed by atoms with Crippen molar-refractivity contribution < 1.29 is 9.53 Å². The van der Waals surface area contributed by atoms with E-state index in [2.05, 4.69) is 23.7 Å². The highest BCUT2D eigenvalue weighted by Gasteiger charge is 2.26. The number of nitrogens with one attached hydrogen (secondary N) is 1. The molecule has 0 amide bonds. The standard InChI is InChI=1S/C18H24N2O2/c1-13(2)20-10-6-5-7-14(20)12-22-18(21)16-11-19-17-9-4-3-8-15(16)17/h3-4,8-9,11,13-14,19H,5-7,10,12H2,1-2H3. The minimum absolute atomic E-state index is 0.230. The molecule has 1 unspecified atom stereocenters. The van der Waals surface area contributed by atoms with Gasteiger partial charge in [0.15, 0.2) is 0 Å². The Bertz CT molecular complexity index is 647. The first-order chi connectivity index (χ1) is 10.7. The van der Waals surface area contributed by atoms with Crippen molar-refractivity contribution in [1.29, 1.82) is 0 Å². The van der Waals surface area contributed by atoms with Crippen molar-refractivity contribution >= 4 is 16.9 Å². The topological polar surface area (TPSA) is 45.3 Å². The lowest BCUT2D eigenvalue weighted by molar-refractivity contribution is 0.0208. The number of aromatic nitrogens is 1. The summed E-state index contributed by atoms with van der Waals surface area (Å²) in [5.41, 5.74) is 1.60. The van der Waals surface area contributed by atoms with E-state index in [9.17, 15) is 4.79 Å². The maximum absolute atomic E-state index is 12.4. The summed E-state index contributed by atoms with van der Waals surface area (Å²) in [6.07, 6.45) is 5.32. The van der Waals surface area contributed by atoms with Gasteiger partial charge < -0.3 is 9.72 Å². The number of piperidine rings is 1. The first kappa shape index (κ1) is 15.1. The van der Waals surface area contributed by atoms with Crippen molar-refractivity contribution in [2.24, 2.45) is 0 Å². The summed E-state index contributed by atoms with van der Waals surface area (Å²) in [5.74, 6) is -0.230. The molecule has 2 aromatic rings. The van der Waals surface area contributed by atoms with Gasteiger partial charge in [-0.25, -0.2) is 4.79 Å². The Morgan fingerprint density at radius 2 is 2.18 bits per heavy atom. The number of ether oxygens (including phenoxy) is 1. The van der Waals surface area contributed by atoms with Gasteiger partial charge in [0.05, 0.1) is 5.56 Å². The Balaban J connectivity index is 1.67.